The molecule has 0 unspecified atom stereocenters. The van der Waals surface area contributed by atoms with E-state index in [0.717, 1.165) is 0 Å². The largest absolute Gasteiger partial charge is 0.369 e. The molecule has 16 heavy (non-hydrogen) atoms. The molecule has 0 spiro atoms. The summed E-state index contributed by atoms with van der Waals surface area (Å²) >= 11 is 0. The van der Waals surface area contributed by atoms with Gasteiger partial charge >= 0.3 is 0 Å². The first kappa shape index (κ1) is 12.2. The van der Waals surface area contributed by atoms with Gasteiger partial charge in [0.15, 0.2) is 0 Å². The Bertz CT molecular complexity index is 374. The maximum atomic E-state index is 11.7. The SMILES string of the molecule is C=CCC(CC=C)(C(N)=O)c1ccccn1. The second-order valence-corrected chi connectivity index (χ2v) is 3.65. The number of nitrogens with zero attached hydrogens (tertiary/aromatic N) is 1. The standard InChI is InChI=1S/C13H16N2O/c1-3-8-13(9-4-2,12(14)16)11-7-5-6-10-15-11/h3-7,10H,1-2,8-9H2,(H2,14,16). The fourth-order valence-electron chi connectivity index (χ4n) is 1.76. The molecule has 0 radical (unpaired) electrons. The molecule has 0 saturated heterocycles. The van der Waals surface area contributed by atoms with Crippen LogP contribution in [0.3, 0.4) is 0 Å². The molecule has 2 N–H and O–H groups in total. The lowest BCUT2D eigenvalue weighted by Gasteiger charge is -2.27. The number of nitrogens with two attached hydrogens (primary N) is 1. The van der Waals surface area contributed by atoms with Crippen LogP contribution in [0.15, 0.2) is 49.7 Å². The molecule has 0 aliphatic heterocycles. The van der Waals surface area contributed by atoms with E-state index in [-0.39, 0.29) is 0 Å². The number of primary amides is 1. The van der Waals surface area contributed by atoms with Crippen LogP contribution in [0.25, 0.3) is 0 Å². The second kappa shape index (κ2) is 5.26. The average molecular weight is 216 g/mol. The molecular weight excluding hydrogens is 200 g/mol. The normalized spacial score (nSPS) is 10.8. The zero-order valence-electron chi connectivity index (χ0n) is 9.23. The van der Waals surface area contributed by atoms with E-state index in [0.29, 0.717) is 18.5 Å². The van der Waals surface area contributed by atoms with E-state index in [1.165, 1.54) is 0 Å². The Morgan fingerprint density at radius 2 is 2.00 bits per heavy atom. The molecule has 0 atom stereocenters. The molecule has 3 heteroatoms. The summed E-state index contributed by atoms with van der Waals surface area (Å²) in [6, 6.07) is 5.45. The first-order valence-electron chi connectivity index (χ1n) is 5.10. The van der Waals surface area contributed by atoms with Crippen LogP contribution in [0.1, 0.15) is 18.5 Å². The van der Waals surface area contributed by atoms with Crippen LogP contribution < -0.4 is 5.73 Å². The number of aromatic nitrogens is 1. The van der Waals surface area contributed by atoms with E-state index in [4.69, 9.17) is 5.73 Å². The fourth-order valence-corrected chi connectivity index (χ4v) is 1.76. The van der Waals surface area contributed by atoms with Crippen molar-refractivity contribution in [3.8, 4) is 0 Å². The van der Waals surface area contributed by atoms with Gasteiger partial charge in [-0.05, 0) is 25.0 Å². The van der Waals surface area contributed by atoms with Gasteiger partial charge in [-0.15, -0.1) is 13.2 Å². The topological polar surface area (TPSA) is 56.0 Å². The summed E-state index contributed by atoms with van der Waals surface area (Å²) < 4.78 is 0. The van der Waals surface area contributed by atoms with Gasteiger partial charge in [0.05, 0.1) is 11.1 Å². The van der Waals surface area contributed by atoms with Crippen molar-refractivity contribution in [3.05, 3.63) is 55.4 Å². The zero-order valence-corrected chi connectivity index (χ0v) is 9.23. The minimum absolute atomic E-state index is 0.397. The minimum atomic E-state index is -0.815. The van der Waals surface area contributed by atoms with Gasteiger partial charge in [-0.25, -0.2) is 0 Å². The van der Waals surface area contributed by atoms with Gasteiger partial charge in [-0.3, -0.25) is 9.78 Å². The van der Waals surface area contributed by atoms with Gasteiger partial charge in [0.25, 0.3) is 0 Å². The number of rotatable bonds is 6. The molecule has 1 rings (SSSR count). The molecule has 1 heterocycles. The van der Waals surface area contributed by atoms with Crippen molar-refractivity contribution in [1.29, 1.82) is 0 Å². The van der Waals surface area contributed by atoms with Gasteiger partial charge < -0.3 is 5.73 Å². The van der Waals surface area contributed by atoms with Gasteiger partial charge in [0.2, 0.25) is 5.91 Å². The molecule has 0 aliphatic carbocycles. The van der Waals surface area contributed by atoms with Crippen LogP contribution in [-0.2, 0) is 10.2 Å². The van der Waals surface area contributed by atoms with Crippen LogP contribution in [-0.4, -0.2) is 10.9 Å². The Balaban J connectivity index is 3.25. The minimum Gasteiger partial charge on any atom is -0.369 e. The first-order chi connectivity index (χ1) is 7.67. The molecule has 0 aliphatic rings. The third-order valence-corrected chi connectivity index (χ3v) is 2.61. The highest BCUT2D eigenvalue weighted by atomic mass is 16.1. The van der Waals surface area contributed by atoms with Crippen molar-refractivity contribution in [2.24, 2.45) is 5.73 Å². The summed E-state index contributed by atoms with van der Waals surface area (Å²) in [7, 11) is 0. The molecule has 0 bridgehead atoms. The fraction of sp³-hybridized carbons (Fsp3) is 0.231. The van der Waals surface area contributed by atoms with Gasteiger partial charge in [-0.1, -0.05) is 18.2 Å². The summed E-state index contributed by atoms with van der Waals surface area (Å²) in [5, 5.41) is 0. The third-order valence-electron chi connectivity index (χ3n) is 2.61. The summed E-state index contributed by atoms with van der Waals surface area (Å²) in [6.45, 7) is 7.33. The lowest BCUT2D eigenvalue weighted by molar-refractivity contribution is -0.123. The quantitative estimate of drug-likeness (QED) is 0.739. The predicted octanol–water partition coefficient (Wildman–Crippen LogP) is 1.96. The van der Waals surface area contributed by atoms with E-state index in [1.54, 1.807) is 30.5 Å². The monoisotopic (exact) mass is 216 g/mol. The number of amides is 1. The highest BCUT2D eigenvalue weighted by Crippen LogP contribution is 2.30. The second-order valence-electron chi connectivity index (χ2n) is 3.65. The number of hydrogen-bond acceptors (Lipinski definition) is 2. The molecule has 0 aromatic carbocycles. The summed E-state index contributed by atoms with van der Waals surface area (Å²) in [6.07, 6.45) is 5.95. The maximum absolute atomic E-state index is 11.7. The average Bonchev–Trinajstić information content (AvgIpc) is 2.29. The molecule has 3 nitrogen and oxygen atoms in total. The molecular formula is C13H16N2O. The summed E-state index contributed by atoms with van der Waals surface area (Å²) in [5.74, 6) is -0.397. The van der Waals surface area contributed by atoms with E-state index in [1.807, 2.05) is 6.07 Å². The molecule has 1 amide bonds. The maximum Gasteiger partial charge on any atom is 0.230 e. The highest BCUT2D eigenvalue weighted by molar-refractivity contribution is 5.86. The number of pyridine rings is 1. The van der Waals surface area contributed by atoms with E-state index in [9.17, 15) is 4.79 Å². The van der Waals surface area contributed by atoms with Crippen molar-refractivity contribution in [3.63, 3.8) is 0 Å². The molecule has 0 saturated carbocycles. The van der Waals surface area contributed by atoms with Crippen molar-refractivity contribution in [2.45, 2.75) is 18.3 Å². The van der Waals surface area contributed by atoms with Crippen molar-refractivity contribution >= 4 is 5.91 Å². The van der Waals surface area contributed by atoms with Crippen LogP contribution in [0.5, 0.6) is 0 Å². The Kier molecular flexibility index (Phi) is 4.00. The van der Waals surface area contributed by atoms with E-state index >= 15 is 0 Å². The summed E-state index contributed by atoms with van der Waals surface area (Å²) in [5.41, 5.74) is 5.36. The summed E-state index contributed by atoms with van der Waals surface area (Å²) in [4.78, 5) is 15.9. The van der Waals surface area contributed by atoms with Crippen LogP contribution in [0, 0.1) is 0 Å². The zero-order chi connectivity index (χ0) is 12.0. The van der Waals surface area contributed by atoms with Crippen molar-refractivity contribution in [1.82, 2.24) is 4.98 Å². The van der Waals surface area contributed by atoms with Gasteiger partial charge in [0, 0.05) is 6.20 Å². The van der Waals surface area contributed by atoms with Gasteiger partial charge in [0.1, 0.15) is 0 Å². The van der Waals surface area contributed by atoms with E-state index in [2.05, 4.69) is 18.1 Å². The van der Waals surface area contributed by atoms with Crippen LogP contribution >= 0.6 is 0 Å². The highest BCUT2D eigenvalue weighted by Gasteiger charge is 2.37. The number of carbonyl (C=O) groups is 1. The molecule has 1 aromatic rings. The predicted molar refractivity (Wildman–Crippen MR) is 64.7 cm³/mol. The van der Waals surface area contributed by atoms with Gasteiger partial charge in [-0.2, -0.15) is 0 Å². The van der Waals surface area contributed by atoms with Crippen molar-refractivity contribution in [2.75, 3.05) is 0 Å². The Morgan fingerprint density at radius 3 is 2.38 bits per heavy atom. The lowest BCUT2D eigenvalue weighted by Crippen LogP contribution is -2.41. The number of carbonyl (C=O) groups excluding carboxylic acids is 1. The Labute approximate surface area is 95.7 Å². The Hall–Kier alpha value is -1.90. The van der Waals surface area contributed by atoms with Crippen molar-refractivity contribution < 1.29 is 4.79 Å². The number of hydrogen-bond donors (Lipinski definition) is 1. The first-order valence-corrected chi connectivity index (χ1v) is 5.10. The lowest BCUT2D eigenvalue weighted by atomic mass is 9.77. The third kappa shape index (κ3) is 2.19. The molecule has 84 valence electrons. The molecule has 1 aromatic heterocycles. The van der Waals surface area contributed by atoms with E-state index < -0.39 is 11.3 Å². The Morgan fingerprint density at radius 1 is 1.38 bits per heavy atom. The van der Waals surface area contributed by atoms with Crippen LogP contribution in [0.2, 0.25) is 0 Å². The number of allylic oxidation sites excluding steroid dienone is 2. The smallest absolute Gasteiger partial charge is 0.230 e. The van der Waals surface area contributed by atoms with Crippen LogP contribution in [0.4, 0.5) is 0 Å². The molecule has 0 fully saturated rings.